The van der Waals surface area contributed by atoms with Gasteiger partial charge in [-0.05, 0) is 54.8 Å². The summed E-state index contributed by atoms with van der Waals surface area (Å²) in [5.74, 6) is 0.755. The second-order valence-corrected chi connectivity index (χ2v) is 6.92. The van der Waals surface area contributed by atoms with Gasteiger partial charge in [-0.2, -0.15) is 0 Å². The zero-order chi connectivity index (χ0) is 14.3. The predicted molar refractivity (Wildman–Crippen MR) is 83.3 cm³/mol. The molecular formula is C17H30N2. The van der Waals surface area contributed by atoms with Crippen LogP contribution in [0.25, 0.3) is 0 Å². The van der Waals surface area contributed by atoms with E-state index in [4.69, 9.17) is 0 Å². The molecule has 2 atom stereocenters. The fourth-order valence-corrected chi connectivity index (χ4v) is 2.95. The van der Waals surface area contributed by atoms with Gasteiger partial charge in [-0.15, -0.1) is 0 Å². The first-order valence-corrected chi connectivity index (χ1v) is 7.53. The molecule has 19 heavy (non-hydrogen) atoms. The highest BCUT2D eigenvalue weighted by Gasteiger charge is 2.19. The normalized spacial score (nSPS) is 15.2. The molecule has 0 fully saturated rings. The van der Waals surface area contributed by atoms with Crippen molar-refractivity contribution in [3.8, 4) is 0 Å². The number of nitrogens with zero attached hydrogens (tertiary/aromatic N) is 1. The molecule has 1 aromatic rings. The number of rotatable bonds is 7. The van der Waals surface area contributed by atoms with Crippen molar-refractivity contribution in [2.45, 2.75) is 59.9 Å². The van der Waals surface area contributed by atoms with Crippen molar-refractivity contribution in [2.24, 2.45) is 11.3 Å². The van der Waals surface area contributed by atoms with Crippen LogP contribution in [0, 0.1) is 11.3 Å². The minimum atomic E-state index is 0.423. The van der Waals surface area contributed by atoms with E-state index in [2.05, 4.69) is 57.1 Å². The highest BCUT2D eigenvalue weighted by Crippen LogP contribution is 2.27. The Morgan fingerprint density at radius 3 is 2.37 bits per heavy atom. The second kappa shape index (κ2) is 7.64. The molecule has 1 aromatic heterocycles. The summed E-state index contributed by atoms with van der Waals surface area (Å²) in [6.07, 6.45) is 7.40. The van der Waals surface area contributed by atoms with Crippen LogP contribution >= 0.6 is 0 Å². The van der Waals surface area contributed by atoms with Gasteiger partial charge in [-0.3, -0.25) is 4.98 Å². The van der Waals surface area contributed by atoms with E-state index in [1.165, 1.54) is 18.4 Å². The van der Waals surface area contributed by atoms with E-state index in [9.17, 15) is 0 Å². The number of aromatic nitrogens is 1. The average molecular weight is 262 g/mol. The van der Waals surface area contributed by atoms with Gasteiger partial charge >= 0.3 is 0 Å². The molecule has 2 heteroatoms. The van der Waals surface area contributed by atoms with E-state index in [0.717, 1.165) is 18.9 Å². The summed E-state index contributed by atoms with van der Waals surface area (Å²) in [6, 6.07) is 4.82. The van der Waals surface area contributed by atoms with Crippen LogP contribution in [0.5, 0.6) is 0 Å². The Morgan fingerprint density at radius 2 is 1.84 bits per heavy atom. The van der Waals surface area contributed by atoms with Crippen LogP contribution < -0.4 is 5.32 Å². The van der Waals surface area contributed by atoms with Crippen LogP contribution in [-0.2, 0) is 6.42 Å². The average Bonchev–Trinajstić information content (AvgIpc) is 2.27. The minimum absolute atomic E-state index is 0.423. The van der Waals surface area contributed by atoms with E-state index in [0.29, 0.717) is 11.5 Å². The van der Waals surface area contributed by atoms with Gasteiger partial charge in [0, 0.05) is 18.4 Å². The lowest BCUT2D eigenvalue weighted by Crippen LogP contribution is -2.33. The Kier molecular flexibility index (Phi) is 6.50. The molecule has 0 saturated heterocycles. The molecule has 108 valence electrons. The topological polar surface area (TPSA) is 24.9 Å². The van der Waals surface area contributed by atoms with Gasteiger partial charge in [0.25, 0.3) is 0 Å². The molecular weight excluding hydrogens is 232 g/mol. The second-order valence-electron chi connectivity index (χ2n) is 6.92. The summed E-state index contributed by atoms with van der Waals surface area (Å²) in [5, 5.41) is 3.63. The Hall–Kier alpha value is -0.890. The summed E-state index contributed by atoms with van der Waals surface area (Å²) >= 11 is 0. The number of hydrogen-bond acceptors (Lipinski definition) is 2. The monoisotopic (exact) mass is 262 g/mol. The third-order valence-electron chi connectivity index (χ3n) is 3.37. The maximum atomic E-state index is 4.09. The quantitative estimate of drug-likeness (QED) is 0.801. The highest BCUT2D eigenvalue weighted by molar-refractivity contribution is 5.11. The first kappa shape index (κ1) is 16.2. The van der Waals surface area contributed by atoms with Crippen LogP contribution in [0.3, 0.4) is 0 Å². The summed E-state index contributed by atoms with van der Waals surface area (Å²) in [7, 11) is 0. The molecule has 0 amide bonds. The fourth-order valence-electron chi connectivity index (χ4n) is 2.95. The Balaban J connectivity index is 2.53. The molecule has 2 nitrogen and oxygen atoms in total. The fraction of sp³-hybridized carbons (Fsp3) is 0.706. The maximum absolute atomic E-state index is 4.09. The first-order chi connectivity index (χ1) is 8.90. The maximum Gasteiger partial charge on any atom is 0.0270 e. The molecule has 0 aliphatic carbocycles. The van der Waals surface area contributed by atoms with Crippen LogP contribution in [0.2, 0.25) is 0 Å². The molecule has 0 bridgehead atoms. The van der Waals surface area contributed by atoms with Gasteiger partial charge in [0.2, 0.25) is 0 Å². The van der Waals surface area contributed by atoms with Crippen LogP contribution in [-0.4, -0.2) is 17.6 Å². The highest BCUT2D eigenvalue weighted by atomic mass is 14.9. The number of likely N-dealkylation sites (N-methyl/N-ethyl adjacent to an activating group) is 1. The van der Waals surface area contributed by atoms with Crippen molar-refractivity contribution in [1.29, 1.82) is 0 Å². The summed E-state index contributed by atoms with van der Waals surface area (Å²) in [5.41, 5.74) is 1.80. The van der Waals surface area contributed by atoms with Crippen molar-refractivity contribution in [2.75, 3.05) is 6.54 Å². The minimum Gasteiger partial charge on any atom is -0.314 e. The zero-order valence-electron chi connectivity index (χ0n) is 13.2. The first-order valence-electron chi connectivity index (χ1n) is 7.53. The molecule has 1 N–H and O–H groups in total. The third-order valence-corrected chi connectivity index (χ3v) is 3.37. The molecule has 0 spiro atoms. The molecule has 0 radical (unpaired) electrons. The summed E-state index contributed by atoms with van der Waals surface area (Å²) in [4.78, 5) is 4.09. The molecule has 0 aliphatic rings. The third kappa shape index (κ3) is 7.31. The predicted octanol–water partition coefficient (Wildman–Crippen LogP) is 4.06. The van der Waals surface area contributed by atoms with Crippen molar-refractivity contribution < 1.29 is 0 Å². The molecule has 2 unspecified atom stereocenters. The largest absolute Gasteiger partial charge is 0.314 e. The Bertz CT molecular complexity index is 340. The van der Waals surface area contributed by atoms with E-state index < -0.39 is 0 Å². The van der Waals surface area contributed by atoms with Gasteiger partial charge in [0.15, 0.2) is 0 Å². The van der Waals surface area contributed by atoms with E-state index >= 15 is 0 Å². The van der Waals surface area contributed by atoms with E-state index in [-0.39, 0.29) is 0 Å². The lowest BCUT2D eigenvalue weighted by Gasteiger charge is -2.27. The summed E-state index contributed by atoms with van der Waals surface area (Å²) in [6.45, 7) is 12.6. The van der Waals surface area contributed by atoms with Gasteiger partial charge in [0.05, 0.1) is 0 Å². The molecule has 1 heterocycles. The standard InChI is InChI=1S/C17H30N2/c1-6-19-16(11-14(2)13-17(3,4)5)12-15-7-9-18-10-8-15/h7-10,14,16,19H,6,11-13H2,1-5H3. The van der Waals surface area contributed by atoms with Crippen molar-refractivity contribution in [1.82, 2.24) is 10.3 Å². The number of pyridine rings is 1. The van der Waals surface area contributed by atoms with Crippen LogP contribution in [0.4, 0.5) is 0 Å². The summed E-state index contributed by atoms with van der Waals surface area (Å²) < 4.78 is 0. The lowest BCUT2D eigenvalue weighted by atomic mass is 9.82. The van der Waals surface area contributed by atoms with Crippen molar-refractivity contribution in [3.05, 3.63) is 30.1 Å². The lowest BCUT2D eigenvalue weighted by molar-refractivity contribution is 0.275. The SMILES string of the molecule is CCNC(Cc1ccncc1)CC(C)CC(C)(C)C. The van der Waals surface area contributed by atoms with Crippen LogP contribution in [0.1, 0.15) is 53.0 Å². The van der Waals surface area contributed by atoms with Gasteiger partial charge < -0.3 is 5.32 Å². The van der Waals surface area contributed by atoms with E-state index in [1.807, 2.05) is 12.4 Å². The molecule has 1 rings (SSSR count). The number of hydrogen-bond donors (Lipinski definition) is 1. The smallest absolute Gasteiger partial charge is 0.0270 e. The van der Waals surface area contributed by atoms with Crippen LogP contribution in [0.15, 0.2) is 24.5 Å². The molecule has 0 aliphatic heterocycles. The van der Waals surface area contributed by atoms with Gasteiger partial charge in [0.1, 0.15) is 0 Å². The number of nitrogens with one attached hydrogen (secondary N) is 1. The van der Waals surface area contributed by atoms with Crippen molar-refractivity contribution >= 4 is 0 Å². The van der Waals surface area contributed by atoms with Gasteiger partial charge in [-0.1, -0.05) is 34.6 Å². The Morgan fingerprint density at radius 1 is 1.21 bits per heavy atom. The van der Waals surface area contributed by atoms with E-state index in [1.54, 1.807) is 0 Å². The Labute approximate surface area is 119 Å². The molecule has 0 saturated carbocycles. The van der Waals surface area contributed by atoms with Gasteiger partial charge in [-0.25, -0.2) is 0 Å². The van der Waals surface area contributed by atoms with Crippen molar-refractivity contribution in [3.63, 3.8) is 0 Å². The molecule has 0 aromatic carbocycles. The zero-order valence-corrected chi connectivity index (χ0v) is 13.2.